The number of aromatic nitrogens is 4. The molecule has 0 aliphatic heterocycles. The fraction of sp³-hybridized carbons (Fsp3) is 0.0400. The molecule has 0 aliphatic carbocycles. The number of anilines is 2. The topological polar surface area (TPSA) is 110 Å². The molecule has 5 aromatic rings. The Kier molecular flexibility index (Phi) is 7.16. The van der Waals surface area contributed by atoms with E-state index in [1.54, 1.807) is 13.1 Å². The van der Waals surface area contributed by atoms with Gasteiger partial charge in [0, 0.05) is 30.9 Å². The molecule has 0 radical (unpaired) electrons. The van der Waals surface area contributed by atoms with Gasteiger partial charge in [-0.1, -0.05) is 6.07 Å². The molecule has 2 N–H and O–H groups in total. The minimum atomic E-state index is -5.02. The molecule has 204 valence electrons. The molecule has 3 heterocycles. The first-order valence-corrected chi connectivity index (χ1v) is 13.5. The van der Waals surface area contributed by atoms with E-state index in [9.17, 15) is 26.0 Å². The minimum Gasteiger partial charge on any atom is -0.357 e. The minimum absolute atomic E-state index is 0.0320. The van der Waals surface area contributed by atoms with E-state index in [1.807, 2.05) is 4.72 Å². The molecule has 5 rings (SSSR count). The lowest BCUT2D eigenvalue weighted by molar-refractivity contribution is 0.498. The van der Waals surface area contributed by atoms with Crippen molar-refractivity contribution in [2.45, 2.75) is 4.90 Å². The Hall–Kier alpha value is -4.50. The number of nitrogens with one attached hydrogen (secondary N) is 2. The molecular weight excluding hydrogens is 575 g/mol. The van der Waals surface area contributed by atoms with Crippen LogP contribution in [0.5, 0.6) is 0 Å². The first kappa shape index (κ1) is 27.1. The Morgan fingerprint density at radius 3 is 2.27 bits per heavy atom. The third kappa shape index (κ3) is 5.20. The van der Waals surface area contributed by atoms with Crippen LogP contribution < -0.4 is 10.0 Å². The maximum atomic E-state index is 15.9. The SMILES string of the molecule is CNc1nccc(-c2sc(-c3ccc(F)cn3)nc2-c2cccc(NS(=O)(=O)c3c(F)cc(F)cc3F)c2F)n1. The monoisotopic (exact) mass is 590 g/mol. The molecule has 0 aliphatic rings. The maximum absolute atomic E-state index is 15.9. The van der Waals surface area contributed by atoms with E-state index in [4.69, 9.17) is 0 Å². The molecule has 0 amide bonds. The van der Waals surface area contributed by atoms with Gasteiger partial charge in [-0.25, -0.2) is 45.3 Å². The summed E-state index contributed by atoms with van der Waals surface area (Å²) in [6.07, 6.45) is 2.45. The van der Waals surface area contributed by atoms with Crippen molar-refractivity contribution in [3.63, 3.8) is 0 Å². The van der Waals surface area contributed by atoms with Crippen LogP contribution in [0.4, 0.5) is 33.6 Å². The van der Waals surface area contributed by atoms with Gasteiger partial charge >= 0.3 is 0 Å². The second kappa shape index (κ2) is 10.6. The Balaban J connectivity index is 1.64. The summed E-state index contributed by atoms with van der Waals surface area (Å²) in [7, 11) is -3.43. The number of benzene rings is 2. The van der Waals surface area contributed by atoms with E-state index < -0.39 is 49.7 Å². The van der Waals surface area contributed by atoms with Crippen LogP contribution in [-0.4, -0.2) is 35.4 Å². The van der Waals surface area contributed by atoms with Crippen LogP contribution in [0.2, 0.25) is 0 Å². The molecular formula is C25H15F5N6O2S2. The molecule has 0 saturated carbocycles. The highest BCUT2D eigenvalue weighted by molar-refractivity contribution is 7.92. The molecule has 0 spiro atoms. The molecule has 8 nitrogen and oxygen atoms in total. The molecule has 0 atom stereocenters. The number of hydrogen-bond donors (Lipinski definition) is 2. The summed E-state index contributed by atoms with van der Waals surface area (Å²) >= 11 is 1.06. The summed E-state index contributed by atoms with van der Waals surface area (Å²) in [6, 6.07) is 8.14. The summed E-state index contributed by atoms with van der Waals surface area (Å²) < 4.78 is 98.4. The van der Waals surface area contributed by atoms with Crippen molar-refractivity contribution in [1.29, 1.82) is 0 Å². The fourth-order valence-electron chi connectivity index (χ4n) is 3.67. The van der Waals surface area contributed by atoms with Crippen molar-refractivity contribution < 1.29 is 30.4 Å². The van der Waals surface area contributed by atoms with E-state index in [0.717, 1.165) is 23.6 Å². The lowest BCUT2D eigenvalue weighted by atomic mass is 10.1. The highest BCUT2D eigenvalue weighted by atomic mass is 32.2. The van der Waals surface area contributed by atoms with Crippen LogP contribution in [0.15, 0.2) is 65.8 Å². The molecule has 0 bridgehead atoms. The van der Waals surface area contributed by atoms with Crippen LogP contribution in [0.25, 0.3) is 32.5 Å². The summed E-state index contributed by atoms with van der Waals surface area (Å²) in [6.45, 7) is 0. The summed E-state index contributed by atoms with van der Waals surface area (Å²) in [5, 5.41) is 3.06. The van der Waals surface area contributed by atoms with E-state index in [1.165, 1.54) is 30.5 Å². The lowest BCUT2D eigenvalue weighted by Crippen LogP contribution is -2.17. The van der Waals surface area contributed by atoms with Gasteiger partial charge in [-0.15, -0.1) is 11.3 Å². The zero-order valence-electron chi connectivity index (χ0n) is 20.1. The van der Waals surface area contributed by atoms with Crippen LogP contribution in [-0.2, 0) is 10.0 Å². The number of hydrogen-bond acceptors (Lipinski definition) is 8. The van der Waals surface area contributed by atoms with Gasteiger partial charge in [0.25, 0.3) is 10.0 Å². The number of thiazole rings is 1. The van der Waals surface area contributed by atoms with Crippen molar-refractivity contribution in [2.75, 3.05) is 17.1 Å². The standard InChI is InChI=1S/C25H15F5N6O2S2/c1-31-25-32-8-7-18(34-25)22-21(35-24(39-22)19-6-5-12(26)11-33-19)14-3-2-4-17(20(14)30)36-40(37,38)23-15(28)9-13(27)10-16(23)29/h2-11,36H,1H3,(H,31,32,34). The molecule has 0 fully saturated rings. The van der Waals surface area contributed by atoms with Crippen LogP contribution in [0.1, 0.15) is 0 Å². The van der Waals surface area contributed by atoms with Crippen molar-refractivity contribution in [2.24, 2.45) is 0 Å². The Bertz CT molecular complexity index is 1830. The third-order valence-electron chi connectivity index (χ3n) is 5.42. The first-order chi connectivity index (χ1) is 19.1. The predicted molar refractivity (Wildman–Crippen MR) is 138 cm³/mol. The van der Waals surface area contributed by atoms with E-state index in [-0.39, 0.29) is 40.0 Å². The zero-order valence-corrected chi connectivity index (χ0v) is 21.7. The molecule has 2 aromatic carbocycles. The molecule has 0 saturated heterocycles. The van der Waals surface area contributed by atoms with E-state index in [0.29, 0.717) is 10.6 Å². The number of halogens is 5. The van der Waals surface area contributed by atoms with Crippen LogP contribution in [0, 0.1) is 29.1 Å². The van der Waals surface area contributed by atoms with Gasteiger partial charge in [-0.2, -0.15) is 0 Å². The van der Waals surface area contributed by atoms with E-state index >= 15 is 4.39 Å². The normalized spacial score (nSPS) is 11.4. The van der Waals surface area contributed by atoms with Crippen molar-refractivity contribution in [3.8, 4) is 32.5 Å². The summed E-state index contributed by atoms with van der Waals surface area (Å²) in [4.78, 5) is 15.8. The maximum Gasteiger partial charge on any atom is 0.267 e. The average Bonchev–Trinajstić information content (AvgIpc) is 3.34. The van der Waals surface area contributed by atoms with Crippen molar-refractivity contribution >= 4 is 33.0 Å². The lowest BCUT2D eigenvalue weighted by Gasteiger charge is -2.12. The molecule has 3 aromatic heterocycles. The smallest absolute Gasteiger partial charge is 0.267 e. The van der Waals surface area contributed by atoms with Crippen molar-refractivity contribution in [1.82, 2.24) is 19.9 Å². The molecule has 40 heavy (non-hydrogen) atoms. The second-order valence-electron chi connectivity index (χ2n) is 8.05. The van der Waals surface area contributed by atoms with E-state index in [2.05, 4.69) is 25.3 Å². The average molecular weight is 591 g/mol. The van der Waals surface area contributed by atoms with Gasteiger partial charge in [-0.3, -0.25) is 9.71 Å². The van der Waals surface area contributed by atoms with Gasteiger partial charge < -0.3 is 5.32 Å². The number of nitrogens with zero attached hydrogens (tertiary/aromatic N) is 4. The van der Waals surface area contributed by atoms with Crippen LogP contribution >= 0.6 is 11.3 Å². The number of rotatable bonds is 7. The zero-order chi connectivity index (χ0) is 28.6. The Labute approximate surface area is 227 Å². The predicted octanol–water partition coefficient (Wildman–Crippen LogP) is 5.87. The van der Waals surface area contributed by atoms with Gasteiger partial charge in [0.1, 0.15) is 28.3 Å². The second-order valence-corrected chi connectivity index (χ2v) is 10.7. The van der Waals surface area contributed by atoms with Crippen molar-refractivity contribution in [3.05, 3.63) is 90.0 Å². The fourth-order valence-corrected chi connectivity index (χ4v) is 5.88. The summed E-state index contributed by atoms with van der Waals surface area (Å²) in [5.74, 6) is -6.15. The molecule has 15 heteroatoms. The third-order valence-corrected chi connectivity index (χ3v) is 7.93. The van der Waals surface area contributed by atoms with Gasteiger partial charge in [0.05, 0.1) is 33.8 Å². The van der Waals surface area contributed by atoms with Gasteiger partial charge in [0.15, 0.2) is 10.7 Å². The van der Waals surface area contributed by atoms with Gasteiger partial charge in [-0.05, 0) is 30.3 Å². The van der Waals surface area contributed by atoms with Gasteiger partial charge in [0.2, 0.25) is 5.95 Å². The first-order valence-electron chi connectivity index (χ1n) is 11.2. The number of sulfonamides is 1. The number of pyridine rings is 1. The Morgan fingerprint density at radius 1 is 0.850 bits per heavy atom. The highest BCUT2D eigenvalue weighted by Gasteiger charge is 2.28. The summed E-state index contributed by atoms with van der Waals surface area (Å²) in [5.41, 5.74) is -0.198. The van der Waals surface area contributed by atoms with Crippen LogP contribution in [0.3, 0.4) is 0 Å². The highest BCUT2D eigenvalue weighted by Crippen LogP contribution is 2.41. The quantitative estimate of drug-likeness (QED) is 0.228. The Morgan fingerprint density at radius 2 is 1.60 bits per heavy atom. The largest absolute Gasteiger partial charge is 0.357 e. The molecule has 0 unspecified atom stereocenters.